The van der Waals surface area contributed by atoms with Crippen LogP contribution in [-0.2, 0) is 19.8 Å². The molecule has 0 aliphatic heterocycles. The Morgan fingerprint density at radius 1 is 0.568 bits per heavy atom. The zero-order valence-corrected chi connectivity index (χ0v) is 21.9. The number of ether oxygens (including phenoxy) is 4. The van der Waals surface area contributed by atoms with E-state index in [4.69, 9.17) is 18.9 Å². The maximum Gasteiger partial charge on any atom is 0.163 e. The highest BCUT2D eigenvalue weighted by molar-refractivity contribution is 5.79. The number of aliphatic hydroxyl groups is 3. The molecule has 0 fully saturated rings. The van der Waals surface area contributed by atoms with Crippen molar-refractivity contribution in [1.29, 1.82) is 0 Å². The molecule has 0 atom stereocenters. The summed E-state index contributed by atoms with van der Waals surface area (Å²) in [6.07, 6.45) is 7.66. The second kappa shape index (κ2) is 13.0. The van der Waals surface area contributed by atoms with Gasteiger partial charge in [-0.3, -0.25) is 0 Å². The Morgan fingerprint density at radius 3 is 1.73 bits per heavy atom. The number of rotatable bonds is 11. The molecule has 0 bridgehead atoms. The van der Waals surface area contributed by atoms with Gasteiger partial charge in [-0.1, -0.05) is 24.3 Å². The van der Waals surface area contributed by atoms with Gasteiger partial charge in [0.05, 0.1) is 48.3 Å². The molecule has 7 heteroatoms. The van der Waals surface area contributed by atoms with Crippen LogP contribution in [0.4, 0.5) is 0 Å². The summed E-state index contributed by atoms with van der Waals surface area (Å²) < 4.78 is 21.9. The van der Waals surface area contributed by atoms with E-state index in [1.54, 1.807) is 33.5 Å². The normalized spacial score (nSPS) is 11.4. The number of benzene rings is 3. The molecular weight excluding hydrogens is 472 g/mol. The molecule has 3 aromatic carbocycles. The Bertz CT molecular complexity index is 1270. The minimum atomic E-state index is -0.231. The molecule has 3 aromatic rings. The van der Waals surface area contributed by atoms with Gasteiger partial charge in [0, 0.05) is 11.1 Å². The van der Waals surface area contributed by atoms with Gasteiger partial charge in [0.2, 0.25) is 0 Å². The Morgan fingerprint density at radius 2 is 1.16 bits per heavy atom. The van der Waals surface area contributed by atoms with Crippen molar-refractivity contribution in [2.75, 3.05) is 28.4 Å². The van der Waals surface area contributed by atoms with Gasteiger partial charge in [0.1, 0.15) is 11.5 Å². The van der Waals surface area contributed by atoms with Crippen LogP contribution in [0.1, 0.15) is 44.5 Å². The van der Waals surface area contributed by atoms with Crippen LogP contribution in [0.3, 0.4) is 0 Å². The van der Waals surface area contributed by atoms with Gasteiger partial charge in [-0.2, -0.15) is 0 Å². The van der Waals surface area contributed by atoms with Crippen molar-refractivity contribution in [2.24, 2.45) is 0 Å². The summed E-state index contributed by atoms with van der Waals surface area (Å²) in [6.45, 7) is 1.35. The molecule has 0 aliphatic carbocycles. The molecule has 0 aliphatic rings. The molecule has 0 spiro atoms. The van der Waals surface area contributed by atoms with E-state index in [9.17, 15) is 15.3 Å². The van der Waals surface area contributed by atoms with Crippen LogP contribution in [0, 0.1) is 6.92 Å². The molecule has 0 radical (unpaired) electrons. The summed E-state index contributed by atoms with van der Waals surface area (Å²) >= 11 is 0. The molecule has 196 valence electrons. The first kappa shape index (κ1) is 27.8. The van der Waals surface area contributed by atoms with Crippen molar-refractivity contribution < 1.29 is 34.3 Å². The number of aliphatic hydroxyl groups excluding tert-OH is 3. The molecule has 0 unspecified atom stereocenters. The second-order valence-corrected chi connectivity index (χ2v) is 8.37. The van der Waals surface area contributed by atoms with Crippen LogP contribution in [0.25, 0.3) is 24.3 Å². The lowest BCUT2D eigenvalue weighted by Gasteiger charge is -2.13. The molecule has 0 amide bonds. The highest BCUT2D eigenvalue weighted by Gasteiger charge is 2.12. The van der Waals surface area contributed by atoms with Crippen LogP contribution >= 0.6 is 0 Å². The Balaban J connectivity index is 2.02. The fraction of sp³-hybridized carbons (Fsp3) is 0.267. The van der Waals surface area contributed by atoms with Gasteiger partial charge in [-0.25, -0.2) is 0 Å². The first-order valence-corrected chi connectivity index (χ1v) is 11.7. The first-order valence-electron chi connectivity index (χ1n) is 11.7. The topological polar surface area (TPSA) is 97.6 Å². The van der Waals surface area contributed by atoms with Crippen molar-refractivity contribution in [1.82, 2.24) is 0 Å². The van der Waals surface area contributed by atoms with E-state index in [0.29, 0.717) is 39.7 Å². The molecule has 0 heterocycles. The van der Waals surface area contributed by atoms with E-state index in [1.165, 1.54) is 7.11 Å². The maximum atomic E-state index is 9.99. The summed E-state index contributed by atoms with van der Waals surface area (Å²) in [5.74, 6) is 2.48. The van der Waals surface area contributed by atoms with Gasteiger partial charge in [0.15, 0.2) is 11.5 Å². The Hall–Kier alpha value is -3.78. The summed E-state index contributed by atoms with van der Waals surface area (Å²) in [6, 6.07) is 11.3. The molecule has 3 N–H and O–H groups in total. The average Bonchev–Trinajstić information content (AvgIpc) is 2.93. The summed E-state index contributed by atoms with van der Waals surface area (Å²) in [5, 5.41) is 29.4. The third-order valence-corrected chi connectivity index (χ3v) is 6.13. The average molecular weight is 507 g/mol. The summed E-state index contributed by atoms with van der Waals surface area (Å²) in [7, 11) is 6.34. The fourth-order valence-electron chi connectivity index (χ4n) is 4.23. The van der Waals surface area contributed by atoms with Crippen molar-refractivity contribution in [3.63, 3.8) is 0 Å². The van der Waals surface area contributed by atoms with E-state index >= 15 is 0 Å². The predicted molar refractivity (Wildman–Crippen MR) is 146 cm³/mol. The zero-order chi connectivity index (χ0) is 26.9. The molecule has 0 aromatic heterocycles. The van der Waals surface area contributed by atoms with Crippen LogP contribution in [-0.4, -0.2) is 43.8 Å². The highest BCUT2D eigenvalue weighted by atomic mass is 16.5. The molecule has 0 saturated carbocycles. The highest BCUT2D eigenvalue weighted by Crippen LogP contribution is 2.34. The van der Waals surface area contributed by atoms with Gasteiger partial charge < -0.3 is 34.3 Å². The van der Waals surface area contributed by atoms with Gasteiger partial charge in [0.25, 0.3) is 0 Å². The van der Waals surface area contributed by atoms with Crippen molar-refractivity contribution in [2.45, 2.75) is 26.7 Å². The van der Waals surface area contributed by atoms with Gasteiger partial charge in [-0.15, -0.1) is 0 Å². The summed E-state index contributed by atoms with van der Waals surface area (Å²) in [4.78, 5) is 0. The lowest BCUT2D eigenvalue weighted by molar-refractivity contribution is 0.254. The van der Waals surface area contributed by atoms with E-state index in [1.807, 2.05) is 55.5 Å². The number of methoxy groups -OCH3 is 4. The molecule has 3 rings (SSSR count). The largest absolute Gasteiger partial charge is 0.496 e. The minimum absolute atomic E-state index is 0.163. The van der Waals surface area contributed by atoms with E-state index < -0.39 is 0 Å². The molecule has 7 nitrogen and oxygen atoms in total. The molecular formula is C30H34O7. The predicted octanol–water partition coefficient (Wildman–Crippen LogP) is 4.85. The van der Waals surface area contributed by atoms with Crippen molar-refractivity contribution in [3.8, 4) is 23.0 Å². The maximum absolute atomic E-state index is 9.99. The quantitative estimate of drug-likeness (QED) is 0.320. The van der Waals surface area contributed by atoms with Crippen LogP contribution in [0.15, 0.2) is 36.4 Å². The first-order chi connectivity index (χ1) is 17.9. The van der Waals surface area contributed by atoms with Crippen LogP contribution < -0.4 is 18.9 Å². The number of hydrogen-bond donors (Lipinski definition) is 3. The van der Waals surface area contributed by atoms with E-state index in [2.05, 4.69) is 0 Å². The molecule has 0 saturated heterocycles. The SMILES string of the molecule is COc1cc(CO)c(/C=C/c2cc(CO)c(CO)c(OC)c2)cc1/C=C/c1cc(C)c(OC)c(OC)c1. The third-order valence-electron chi connectivity index (χ3n) is 6.13. The van der Waals surface area contributed by atoms with Crippen molar-refractivity contribution >= 4 is 24.3 Å². The summed E-state index contributed by atoms with van der Waals surface area (Å²) in [5.41, 5.74) is 6.17. The lowest BCUT2D eigenvalue weighted by atomic mass is 9.99. The third kappa shape index (κ3) is 6.32. The smallest absolute Gasteiger partial charge is 0.163 e. The Kier molecular flexibility index (Phi) is 9.74. The number of aryl methyl sites for hydroxylation is 1. The van der Waals surface area contributed by atoms with Crippen LogP contribution in [0.2, 0.25) is 0 Å². The minimum Gasteiger partial charge on any atom is -0.496 e. The van der Waals surface area contributed by atoms with E-state index in [0.717, 1.165) is 27.8 Å². The second-order valence-electron chi connectivity index (χ2n) is 8.37. The Labute approximate surface area is 217 Å². The molecule has 37 heavy (non-hydrogen) atoms. The van der Waals surface area contributed by atoms with E-state index in [-0.39, 0.29) is 19.8 Å². The standard InChI is InChI=1S/C30H34O7/c1-19-10-20(13-29(36-4)30(19)37-5)7-9-23-14-22(24(16-31)15-27(23)34-2)8-6-21-11-25(17-32)26(18-33)28(12-21)35-3/h6-15,31-33H,16-18H2,1-5H3/b8-6+,9-7+. The number of hydrogen-bond acceptors (Lipinski definition) is 7. The lowest BCUT2D eigenvalue weighted by Crippen LogP contribution is -1.99. The monoisotopic (exact) mass is 506 g/mol. The zero-order valence-electron chi connectivity index (χ0n) is 21.9. The fourth-order valence-corrected chi connectivity index (χ4v) is 4.23. The van der Waals surface area contributed by atoms with Crippen molar-refractivity contribution in [3.05, 3.63) is 80.9 Å². The van der Waals surface area contributed by atoms with Gasteiger partial charge >= 0.3 is 0 Å². The van der Waals surface area contributed by atoms with Crippen LogP contribution in [0.5, 0.6) is 23.0 Å². The van der Waals surface area contributed by atoms with Gasteiger partial charge in [-0.05, 0) is 76.7 Å².